The van der Waals surface area contributed by atoms with Gasteiger partial charge in [-0.3, -0.25) is 4.79 Å². The molecule has 2 aliphatic rings. The number of carbonyl (C=O) groups excluding carboxylic acids is 1. The highest BCUT2D eigenvalue weighted by Crippen LogP contribution is 2.55. The van der Waals surface area contributed by atoms with E-state index in [9.17, 15) is 36.6 Å². The third kappa shape index (κ3) is 4.45. The van der Waals surface area contributed by atoms with Crippen molar-refractivity contribution in [3.05, 3.63) is 58.4 Å². The van der Waals surface area contributed by atoms with Crippen LogP contribution in [0.4, 0.5) is 18.9 Å². The molecule has 0 radical (unpaired) electrons. The molecule has 0 aliphatic heterocycles. The first-order chi connectivity index (χ1) is 16.4. The summed E-state index contributed by atoms with van der Waals surface area (Å²) in [6, 6.07) is 4.82. The van der Waals surface area contributed by atoms with Crippen LogP contribution < -0.4 is 5.32 Å². The van der Waals surface area contributed by atoms with Crippen molar-refractivity contribution >= 4 is 33.0 Å². The van der Waals surface area contributed by atoms with Crippen molar-refractivity contribution in [1.82, 2.24) is 0 Å². The highest BCUT2D eigenvalue weighted by Gasteiger charge is 2.57. The summed E-state index contributed by atoms with van der Waals surface area (Å²) >= 11 is 6.21. The predicted molar refractivity (Wildman–Crippen MR) is 123 cm³/mol. The zero-order chi connectivity index (χ0) is 25.7. The van der Waals surface area contributed by atoms with Gasteiger partial charge in [-0.25, -0.2) is 21.6 Å². The zero-order valence-electron chi connectivity index (χ0n) is 18.8. The van der Waals surface area contributed by atoms with E-state index in [2.05, 4.69) is 5.32 Å². The van der Waals surface area contributed by atoms with Crippen LogP contribution in [0.25, 0.3) is 0 Å². The second-order valence-corrected chi connectivity index (χ2v) is 12.0. The van der Waals surface area contributed by atoms with Crippen LogP contribution in [0.2, 0.25) is 5.02 Å². The van der Waals surface area contributed by atoms with E-state index in [1.165, 1.54) is 12.1 Å². The fraction of sp³-hybridized carbons (Fsp3) is 0.458. The molecule has 2 aromatic rings. The number of benzene rings is 2. The molecule has 2 fully saturated rings. The third-order valence-electron chi connectivity index (χ3n) is 7.51. The smallest absolute Gasteiger partial charge is 0.255 e. The summed E-state index contributed by atoms with van der Waals surface area (Å²) in [6.07, 6.45) is 1.69. The normalized spacial score (nSPS) is 27.0. The van der Waals surface area contributed by atoms with Gasteiger partial charge in [-0.1, -0.05) is 18.5 Å². The standard InChI is InChI=1S/C24H25ClF3NO5S/c1-12(11-30)24(32)14-3-4-15(24)8-17(7-14)35(33,34)21-6-13(2-5-18(21)25)23(31)29-16-9-19(26)22(28)20(27)10-16/h2,5-6,9-10,12,14-15,17,30,32H,3-4,7-8,11H2,1H3,(H,29,31)/t12?,14-,15?,17?,24?/m0/s1. The number of halogens is 4. The quantitative estimate of drug-likeness (QED) is 0.481. The van der Waals surface area contributed by atoms with Gasteiger partial charge < -0.3 is 15.5 Å². The second-order valence-electron chi connectivity index (χ2n) is 9.43. The predicted octanol–water partition coefficient (Wildman–Crippen LogP) is 4.33. The highest BCUT2D eigenvalue weighted by atomic mass is 35.5. The summed E-state index contributed by atoms with van der Waals surface area (Å²) in [6.45, 7) is 1.55. The Bertz CT molecular complexity index is 1230. The van der Waals surface area contributed by atoms with E-state index in [-0.39, 0.29) is 58.4 Å². The number of hydrogen-bond acceptors (Lipinski definition) is 5. The Morgan fingerprint density at radius 2 is 1.71 bits per heavy atom. The Balaban J connectivity index is 1.60. The number of fused-ring (bicyclic) bond motifs is 2. The Hall–Kier alpha value is -2.14. The molecule has 3 N–H and O–H groups in total. The van der Waals surface area contributed by atoms with Crippen LogP contribution in [0.1, 0.15) is 43.0 Å². The molecule has 0 heterocycles. The van der Waals surface area contributed by atoms with Crippen molar-refractivity contribution in [2.45, 2.75) is 48.4 Å². The SMILES string of the molecule is CC(CO)C1(O)C2CC[C@H]1CC(S(=O)(=O)c1cc(C(=O)Nc3cc(F)c(F)c(F)c3)ccc1Cl)C2. The van der Waals surface area contributed by atoms with E-state index in [4.69, 9.17) is 11.6 Å². The van der Waals surface area contributed by atoms with Gasteiger partial charge >= 0.3 is 0 Å². The second kappa shape index (κ2) is 9.38. The molecule has 2 aliphatic carbocycles. The lowest BCUT2D eigenvalue weighted by Crippen LogP contribution is -2.53. The lowest BCUT2D eigenvalue weighted by atomic mass is 9.68. The van der Waals surface area contributed by atoms with Crippen molar-refractivity contribution in [2.24, 2.45) is 17.8 Å². The fourth-order valence-corrected chi connectivity index (χ4v) is 8.02. The summed E-state index contributed by atoms with van der Waals surface area (Å²) in [4.78, 5) is 12.4. The van der Waals surface area contributed by atoms with Crippen molar-refractivity contribution < 1.29 is 36.6 Å². The fourth-order valence-electron chi connectivity index (χ4n) is 5.62. The van der Waals surface area contributed by atoms with E-state index in [0.717, 1.165) is 6.07 Å². The molecule has 5 atom stereocenters. The minimum atomic E-state index is -4.00. The maximum atomic E-state index is 13.5. The number of aliphatic hydroxyl groups is 2. The largest absolute Gasteiger partial charge is 0.396 e. The molecule has 4 rings (SSSR count). The topological polar surface area (TPSA) is 104 Å². The molecule has 4 unspecified atom stereocenters. The molecular weight excluding hydrogens is 507 g/mol. The van der Waals surface area contributed by atoms with E-state index in [0.29, 0.717) is 25.0 Å². The van der Waals surface area contributed by atoms with Gasteiger partial charge in [0.15, 0.2) is 27.3 Å². The number of sulfone groups is 1. The third-order valence-corrected chi connectivity index (χ3v) is 10.2. The molecule has 0 aromatic heterocycles. The number of rotatable bonds is 6. The average Bonchev–Trinajstić information content (AvgIpc) is 2.98. The highest BCUT2D eigenvalue weighted by molar-refractivity contribution is 7.92. The summed E-state index contributed by atoms with van der Waals surface area (Å²) in [5, 5.41) is 22.1. The van der Waals surface area contributed by atoms with Crippen LogP contribution >= 0.6 is 11.6 Å². The number of carbonyl (C=O) groups is 1. The molecule has 1 amide bonds. The van der Waals surface area contributed by atoms with Gasteiger partial charge in [-0.15, -0.1) is 0 Å². The van der Waals surface area contributed by atoms with Gasteiger partial charge in [0, 0.05) is 35.9 Å². The van der Waals surface area contributed by atoms with Gasteiger partial charge in [0.05, 0.1) is 20.8 Å². The van der Waals surface area contributed by atoms with Crippen molar-refractivity contribution in [3.63, 3.8) is 0 Å². The van der Waals surface area contributed by atoms with Crippen LogP contribution in [0, 0.1) is 35.2 Å². The number of aliphatic hydroxyl groups excluding tert-OH is 1. The minimum Gasteiger partial charge on any atom is -0.396 e. The Kier molecular flexibility index (Phi) is 6.95. The minimum absolute atomic E-state index is 0.0858. The summed E-state index contributed by atoms with van der Waals surface area (Å²) in [7, 11) is -4.00. The van der Waals surface area contributed by atoms with E-state index in [1.54, 1.807) is 6.92 Å². The number of nitrogens with one attached hydrogen (secondary N) is 1. The van der Waals surface area contributed by atoms with Gasteiger partial charge in [0.25, 0.3) is 5.91 Å². The lowest BCUT2D eigenvalue weighted by Gasteiger charge is -2.45. The van der Waals surface area contributed by atoms with Crippen molar-refractivity contribution in [2.75, 3.05) is 11.9 Å². The molecule has 0 spiro atoms. The average molecular weight is 532 g/mol. The van der Waals surface area contributed by atoms with Crippen LogP contribution in [0.5, 0.6) is 0 Å². The summed E-state index contributed by atoms with van der Waals surface area (Å²) in [5.41, 5.74) is -1.60. The molecule has 0 saturated heterocycles. The monoisotopic (exact) mass is 531 g/mol. The maximum Gasteiger partial charge on any atom is 0.255 e. The Labute approximate surface area is 206 Å². The molecule has 2 bridgehead atoms. The van der Waals surface area contributed by atoms with Crippen molar-refractivity contribution in [3.8, 4) is 0 Å². The molecule has 2 aromatic carbocycles. The maximum absolute atomic E-state index is 13.5. The van der Waals surface area contributed by atoms with Crippen LogP contribution in [-0.2, 0) is 9.84 Å². The molecule has 6 nitrogen and oxygen atoms in total. The summed E-state index contributed by atoms with van der Waals surface area (Å²) in [5.74, 6) is -6.49. The van der Waals surface area contributed by atoms with Crippen molar-refractivity contribution in [1.29, 1.82) is 0 Å². The number of anilines is 1. The zero-order valence-corrected chi connectivity index (χ0v) is 20.3. The first kappa shape index (κ1) is 25.9. The summed E-state index contributed by atoms with van der Waals surface area (Å²) < 4.78 is 67.2. The van der Waals surface area contributed by atoms with E-state index < -0.39 is 44.0 Å². The van der Waals surface area contributed by atoms with Gasteiger partial charge in [-0.05, 0) is 55.7 Å². The molecule has 190 valence electrons. The Morgan fingerprint density at radius 1 is 1.14 bits per heavy atom. The van der Waals surface area contributed by atoms with Crippen LogP contribution in [0.3, 0.4) is 0 Å². The van der Waals surface area contributed by atoms with E-state index in [1.807, 2.05) is 0 Å². The first-order valence-corrected chi connectivity index (χ1v) is 13.1. The number of amides is 1. The molecule has 35 heavy (non-hydrogen) atoms. The molecule has 2 saturated carbocycles. The van der Waals surface area contributed by atoms with Crippen LogP contribution in [-0.4, -0.2) is 42.0 Å². The number of hydrogen-bond donors (Lipinski definition) is 3. The Morgan fingerprint density at radius 3 is 2.26 bits per heavy atom. The first-order valence-electron chi connectivity index (χ1n) is 11.2. The van der Waals surface area contributed by atoms with Gasteiger partial charge in [-0.2, -0.15) is 0 Å². The lowest BCUT2D eigenvalue weighted by molar-refractivity contribution is -0.111. The van der Waals surface area contributed by atoms with Gasteiger partial charge in [0.2, 0.25) is 0 Å². The molecule has 11 heteroatoms. The molecular formula is C24H25ClF3NO5S. The van der Waals surface area contributed by atoms with E-state index >= 15 is 0 Å². The van der Waals surface area contributed by atoms with Gasteiger partial charge in [0.1, 0.15) is 0 Å². The van der Waals surface area contributed by atoms with Crippen LogP contribution in [0.15, 0.2) is 35.2 Å².